The minimum absolute atomic E-state index is 0.0518. The number of carbonyl (C=O) groups excluding carboxylic acids is 1. The van der Waals surface area contributed by atoms with Crippen LogP contribution in [0, 0.1) is 12.7 Å². The zero-order valence-electron chi connectivity index (χ0n) is 15.9. The van der Waals surface area contributed by atoms with Crippen molar-refractivity contribution in [3.63, 3.8) is 0 Å². The molecule has 4 aromatic rings. The molecule has 0 unspecified atom stereocenters. The largest absolute Gasteiger partial charge is 0.460 e. The van der Waals surface area contributed by atoms with Crippen LogP contribution in [0.15, 0.2) is 65.1 Å². The normalized spacial score (nSPS) is 11.0. The Kier molecular flexibility index (Phi) is 5.07. The molecule has 0 aliphatic carbocycles. The Morgan fingerprint density at radius 2 is 1.93 bits per heavy atom. The van der Waals surface area contributed by atoms with Gasteiger partial charge in [-0.3, -0.25) is 4.79 Å². The average Bonchev–Trinajstić information content (AvgIpc) is 3.15. The van der Waals surface area contributed by atoms with E-state index < -0.39 is 5.82 Å². The molecule has 0 saturated heterocycles. The van der Waals surface area contributed by atoms with Gasteiger partial charge in [0, 0.05) is 29.6 Å². The number of amides is 1. The van der Waals surface area contributed by atoms with Gasteiger partial charge in [-0.05, 0) is 43.3 Å². The molecule has 4 rings (SSSR count). The summed E-state index contributed by atoms with van der Waals surface area (Å²) in [5, 5.41) is 1.01. The van der Waals surface area contributed by atoms with Crippen LogP contribution in [-0.2, 0) is 6.54 Å². The molecule has 2 heterocycles. The van der Waals surface area contributed by atoms with E-state index in [1.807, 2.05) is 43.3 Å². The van der Waals surface area contributed by atoms with E-state index in [9.17, 15) is 9.18 Å². The highest BCUT2D eigenvalue weighted by Crippen LogP contribution is 2.28. The quantitative estimate of drug-likeness (QED) is 0.424. The lowest BCUT2D eigenvalue weighted by Crippen LogP contribution is -2.27. The summed E-state index contributed by atoms with van der Waals surface area (Å²) in [5.41, 5.74) is 2.00. The van der Waals surface area contributed by atoms with Gasteiger partial charge in [-0.1, -0.05) is 35.9 Å². The number of hydrogen-bond donors (Lipinski definition) is 0. The molecule has 0 spiro atoms. The molecule has 29 heavy (non-hydrogen) atoms. The van der Waals surface area contributed by atoms with Crippen LogP contribution in [0.25, 0.3) is 22.4 Å². The molecular formula is C23H18ClFN2O2. The number of furan rings is 1. The summed E-state index contributed by atoms with van der Waals surface area (Å²) >= 11 is 6.13. The van der Waals surface area contributed by atoms with Crippen molar-refractivity contribution in [2.45, 2.75) is 13.5 Å². The Morgan fingerprint density at radius 3 is 2.66 bits per heavy atom. The fraction of sp³-hybridized carbons (Fsp3) is 0.130. The molecule has 0 atom stereocenters. The number of para-hydroxylation sites is 1. The van der Waals surface area contributed by atoms with Crippen LogP contribution in [-0.4, -0.2) is 22.8 Å². The number of aryl methyl sites for hydroxylation is 1. The number of pyridine rings is 1. The monoisotopic (exact) mass is 408 g/mol. The first kappa shape index (κ1) is 19.2. The summed E-state index contributed by atoms with van der Waals surface area (Å²) in [7, 11) is 1.62. The van der Waals surface area contributed by atoms with Crippen LogP contribution in [0.2, 0.25) is 5.02 Å². The molecule has 0 bridgehead atoms. The van der Waals surface area contributed by atoms with E-state index >= 15 is 0 Å². The summed E-state index contributed by atoms with van der Waals surface area (Å²) < 4.78 is 19.9. The lowest BCUT2D eigenvalue weighted by Gasteiger charge is -2.20. The standard InChI is InChI=1S/C23H18ClFN2O2/c1-14-10-11-22(29-14)21-12-16(15-6-3-4-9-20(15)26-21)23(28)27(2)13-17-18(24)7-5-8-19(17)25/h3-12H,13H2,1-2H3. The molecule has 146 valence electrons. The van der Waals surface area contributed by atoms with E-state index in [0.717, 1.165) is 11.1 Å². The van der Waals surface area contributed by atoms with Gasteiger partial charge < -0.3 is 9.32 Å². The molecule has 0 saturated carbocycles. The molecule has 2 aromatic carbocycles. The number of halogens is 2. The SMILES string of the molecule is Cc1ccc(-c2cc(C(=O)N(C)Cc3c(F)cccc3Cl)c3ccccc3n2)o1. The van der Waals surface area contributed by atoms with Gasteiger partial charge in [0.1, 0.15) is 17.3 Å². The van der Waals surface area contributed by atoms with Gasteiger partial charge in [-0.2, -0.15) is 0 Å². The van der Waals surface area contributed by atoms with Crippen LogP contribution in [0.3, 0.4) is 0 Å². The van der Waals surface area contributed by atoms with Crippen LogP contribution in [0.1, 0.15) is 21.7 Å². The topological polar surface area (TPSA) is 46.3 Å². The van der Waals surface area contributed by atoms with Gasteiger partial charge in [0.2, 0.25) is 0 Å². The second kappa shape index (κ2) is 7.68. The van der Waals surface area contributed by atoms with Gasteiger partial charge in [-0.15, -0.1) is 0 Å². The molecule has 0 N–H and O–H groups in total. The maximum atomic E-state index is 14.2. The van der Waals surface area contributed by atoms with Crippen LogP contribution >= 0.6 is 11.6 Å². The van der Waals surface area contributed by atoms with E-state index in [1.165, 1.54) is 17.0 Å². The Hall–Kier alpha value is -3.18. The summed E-state index contributed by atoms with van der Waals surface area (Å²) in [6, 6.07) is 17.3. The third-order valence-electron chi connectivity index (χ3n) is 4.74. The number of rotatable bonds is 4. The van der Waals surface area contributed by atoms with E-state index in [4.69, 9.17) is 16.0 Å². The van der Waals surface area contributed by atoms with E-state index in [2.05, 4.69) is 4.98 Å². The highest BCUT2D eigenvalue weighted by Gasteiger charge is 2.20. The number of benzene rings is 2. The zero-order chi connectivity index (χ0) is 20.5. The zero-order valence-corrected chi connectivity index (χ0v) is 16.7. The molecule has 0 fully saturated rings. The minimum Gasteiger partial charge on any atom is -0.460 e. The third kappa shape index (κ3) is 3.74. The molecule has 2 aromatic heterocycles. The maximum absolute atomic E-state index is 14.2. The Balaban J connectivity index is 1.76. The first-order chi connectivity index (χ1) is 13.9. The van der Waals surface area contributed by atoms with Crippen molar-refractivity contribution in [2.75, 3.05) is 7.05 Å². The molecule has 4 nitrogen and oxygen atoms in total. The molecule has 6 heteroatoms. The van der Waals surface area contributed by atoms with Crippen LogP contribution in [0.5, 0.6) is 0 Å². The van der Waals surface area contributed by atoms with E-state index in [0.29, 0.717) is 22.5 Å². The van der Waals surface area contributed by atoms with Crippen molar-refractivity contribution < 1.29 is 13.6 Å². The summed E-state index contributed by atoms with van der Waals surface area (Å²) in [4.78, 5) is 19.4. The van der Waals surface area contributed by atoms with Crippen LogP contribution in [0.4, 0.5) is 4.39 Å². The molecule has 1 amide bonds. The number of nitrogens with zero attached hydrogens (tertiary/aromatic N) is 2. The predicted molar refractivity (Wildman–Crippen MR) is 111 cm³/mol. The van der Waals surface area contributed by atoms with E-state index in [1.54, 1.807) is 19.2 Å². The molecule has 0 aliphatic rings. The third-order valence-corrected chi connectivity index (χ3v) is 5.10. The van der Waals surface area contributed by atoms with Crippen molar-refractivity contribution in [1.29, 1.82) is 0 Å². The number of aromatic nitrogens is 1. The smallest absolute Gasteiger partial charge is 0.254 e. The predicted octanol–water partition coefficient (Wildman–Crippen LogP) is 5.87. The summed E-state index contributed by atoms with van der Waals surface area (Å²) in [6.45, 7) is 1.90. The molecular weight excluding hydrogens is 391 g/mol. The summed E-state index contributed by atoms with van der Waals surface area (Å²) in [6.07, 6.45) is 0. The second-order valence-corrected chi connectivity index (χ2v) is 7.25. The Labute approximate surface area is 172 Å². The lowest BCUT2D eigenvalue weighted by atomic mass is 10.1. The second-order valence-electron chi connectivity index (χ2n) is 6.84. The average molecular weight is 409 g/mol. The fourth-order valence-electron chi connectivity index (χ4n) is 3.25. The number of fused-ring (bicyclic) bond motifs is 1. The maximum Gasteiger partial charge on any atom is 0.254 e. The van der Waals surface area contributed by atoms with Gasteiger partial charge in [0.15, 0.2) is 5.76 Å². The van der Waals surface area contributed by atoms with Gasteiger partial charge >= 0.3 is 0 Å². The minimum atomic E-state index is -0.441. The van der Waals surface area contributed by atoms with Crippen molar-refractivity contribution in [1.82, 2.24) is 9.88 Å². The highest BCUT2D eigenvalue weighted by molar-refractivity contribution is 6.31. The van der Waals surface area contributed by atoms with Crippen LogP contribution < -0.4 is 0 Å². The Morgan fingerprint density at radius 1 is 1.14 bits per heavy atom. The Bertz CT molecular complexity index is 1200. The van der Waals surface area contributed by atoms with Gasteiger partial charge in [0.25, 0.3) is 5.91 Å². The first-order valence-corrected chi connectivity index (χ1v) is 9.47. The lowest BCUT2D eigenvalue weighted by molar-refractivity contribution is 0.0786. The first-order valence-electron chi connectivity index (χ1n) is 9.09. The van der Waals surface area contributed by atoms with Gasteiger partial charge in [-0.25, -0.2) is 9.37 Å². The fourth-order valence-corrected chi connectivity index (χ4v) is 3.47. The number of hydrogen-bond acceptors (Lipinski definition) is 3. The number of carbonyl (C=O) groups is 1. The van der Waals surface area contributed by atoms with Gasteiger partial charge in [0.05, 0.1) is 11.1 Å². The van der Waals surface area contributed by atoms with Crippen molar-refractivity contribution >= 4 is 28.4 Å². The van der Waals surface area contributed by atoms with E-state index in [-0.39, 0.29) is 23.0 Å². The molecule has 0 aliphatic heterocycles. The van der Waals surface area contributed by atoms with Crippen molar-refractivity contribution in [3.8, 4) is 11.5 Å². The van der Waals surface area contributed by atoms with Crippen molar-refractivity contribution in [2.24, 2.45) is 0 Å². The molecule has 0 radical (unpaired) electrons. The highest BCUT2D eigenvalue weighted by atomic mass is 35.5. The summed E-state index contributed by atoms with van der Waals surface area (Å²) in [5.74, 6) is 0.646. The van der Waals surface area contributed by atoms with Crippen molar-refractivity contribution in [3.05, 3.63) is 88.4 Å².